The topological polar surface area (TPSA) is 83.6 Å². The first-order chi connectivity index (χ1) is 12.4. The predicted octanol–water partition coefficient (Wildman–Crippen LogP) is 3.46. The molecular formula is C17H14F3N5O. The van der Waals surface area contributed by atoms with E-state index in [1.165, 1.54) is 12.1 Å². The molecule has 0 aliphatic rings. The van der Waals surface area contributed by atoms with Crippen LogP contribution in [0.4, 0.5) is 19.0 Å². The Kier molecular flexibility index (Phi) is 4.97. The van der Waals surface area contributed by atoms with E-state index >= 15 is 0 Å². The van der Waals surface area contributed by atoms with E-state index in [4.69, 9.17) is 0 Å². The van der Waals surface area contributed by atoms with Crippen LogP contribution in [0.15, 0.2) is 48.8 Å². The fourth-order valence-electron chi connectivity index (χ4n) is 2.31. The number of carbonyl (C=O) groups is 1. The molecule has 2 heterocycles. The summed E-state index contributed by atoms with van der Waals surface area (Å²) in [4.78, 5) is 12.0. The predicted molar refractivity (Wildman–Crippen MR) is 88.0 cm³/mol. The molecule has 3 aromatic rings. The van der Waals surface area contributed by atoms with Crippen LogP contribution >= 0.6 is 0 Å². The van der Waals surface area contributed by atoms with Crippen LogP contribution in [0.3, 0.4) is 0 Å². The number of rotatable bonds is 5. The highest BCUT2D eigenvalue weighted by Gasteiger charge is 2.29. The molecule has 0 unspecified atom stereocenters. The Bertz CT molecular complexity index is 875. The zero-order valence-electron chi connectivity index (χ0n) is 13.4. The van der Waals surface area contributed by atoms with Gasteiger partial charge in [0, 0.05) is 18.1 Å². The summed E-state index contributed by atoms with van der Waals surface area (Å²) < 4.78 is 37.6. The van der Waals surface area contributed by atoms with E-state index in [-0.39, 0.29) is 12.3 Å². The zero-order valence-corrected chi connectivity index (χ0v) is 13.4. The van der Waals surface area contributed by atoms with Crippen LogP contribution in [0.1, 0.15) is 17.5 Å². The van der Waals surface area contributed by atoms with Crippen molar-refractivity contribution in [2.75, 3.05) is 5.32 Å². The highest BCUT2D eigenvalue weighted by molar-refractivity contribution is 5.90. The van der Waals surface area contributed by atoms with Gasteiger partial charge in [-0.25, -0.2) is 0 Å². The average Bonchev–Trinajstić information content (AvgIpc) is 3.09. The van der Waals surface area contributed by atoms with Crippen molar-refractivity contribution in [3.05, 3.63) is 59.9 Å². The second kappa shape index (κ2) is 7.34. The van der Waals surface area contributed by atoms with Gasteiger partial charge in [-0.2, -0.15) is 28.5 Å². The van der Waals surface area contributed by atoms with E-state index in [0.717, 1.165) is 17.7 Å². The molecule has 0 aliphatic heterocycles. The quantitative estimate of drug-likeness (QED) is 0.729. The Hall–Kier alpha value is -3.23. The summed E-state index contributed by atoms with van der Waals surface area (Å²) in [5.41, 5.74) is 1.40. The first-order valence-electron chi connectivity index (χ1n) is 7.70. The number of anilines is 1. The summed E-state index contributed by atoms with van der Waals surface area (Å²) in [7, 11) is 0. The lowest BCUT2D eigenvalue weighted by Gasteiger charge is -2.07. The largest absolute Gasteiger partial charge is 0.416 e. The maximum absolute atomic E-state index is 12.5. The van der Waals surface area contributed by atoms with Crippen molar-refractivity contribution in [2.45, 2.75) is 19.0 Å². The van der Waals surface area contributed by atoms with Crippen LogP contribution in [0, 0.1) is 0 Å². The summed E-state index contributed by atoms with van der Waals surface area (Å²) in [6, 6.07) is 8.17. The Morgan fingerprint density at radius 3 is 2.54 bits per heavy atom. The number of alkyl halides is 3. The van der Waals surface area contributed by atoms with E-state index < -0.39 is 11.7 Å². The Balaban J connectivity index is 1.54. The number of carbonyl (C=O) groups excluding carboxylic acids is 1. The van der Waals surface area contributed by atoms with Gasteiger partial charge < -0.3 is 5.32 Å². The molecule has 0 spiro atoms. The molecule has 2 N–H and O–H groups in total. The minimum Gasteiger partial charge on any atom is -0.309 e. The number of aryl methyl sites for hydroxylation is 1. The van der Waals surface area contributed by atoms with E-state index in [2.05, 4.69) is 25.7 Å². The van der Waals surface area contributed by atoms with Crippen LogP contribution in [-0.4, -0.2) is 26.3 Å². The van der Waals surface area contributed by atoms with Crippen LogP contribution in [0.5, 0.6) is 0 Å². The lowest BCUT2D eigenvalue weighted by atomic mass is 10.1. The average molecular weight is 361 g/mol. The first kappa shape index (κ1) is 17.6. The smallest absolute Gasteiger partial charge is 0.309 e. The van der Waals surface area contributed by atoms with E-state index in [1.54, 1.807) is 24.5 Å². The molecule has 0 radical (unpaired) electrons. The van der Waals surface area contributed by atoms with Crippen molar-refractivity contribution >= 4 is 11.7 Å². The van der Waals surface area contributed by atoms with Gasteiger partial charge in [0.05, 0.1) is 23.7 Å². The number of hydrogen-bond donors (Lipinski definition) is 2. The number of H-pyrrole nitrogens is 1. The molecule has 0 aliphatic carbocycles. The lowest BCUT2D eigenvalue weighted by molar-refractivity contribution is -0.137. The molecular weight excluding hydrogens is 347 g/mol. The van der Waals surface area contributed by atoms with Crippen LogP contribution in [0.25, 0.3) is 11.3 Å². The molecule has 9 heteroatoms. The van der Waals surface area contributed by atoms with Crippen molar-refractivity contribution in [1.82, 2.24) is 20.4 Å². The molecule has 26 heavy (non-hydrogen) atoms. The minimum absolute atomic E-state index is 0.129. The molecule has 1 amide bonds. The van der Waals surface area contributed by atoms with Gasteiger partial charge in [0.1, 0.15) is 0 Å². The van der Waals surface area contributed by atoms with Gasteiger partial charge in [0.2, 0.25) is 5.91 Å². The fourth-order valence-corrected chi connectivity index (χ4v) is 2.31. The van der Waals surface area contributed by atoms with Gasteiger partial charge in [0.15, 0.2) is 5.82 Å². The number of nitrogens with zero attached hydrogens (tertiary/aromatic N) is 3. The second-order valence-corrected chi connectivity index (χ2v) is 5.54. The van der Waals surface area contributed by atoms with Crippen LogP contribution in [0.2, 0.25) is 0 Å². The molecule has 0 fully saturated rings. The van der Waals surface area contributed by atoms with Gasteiger partial charge >= 0.3 is 6.18 Å². The number of aromatic nitrogens is 4. The Morgan fingerprint density at radius 1 is 1.12 bits per heavy atom. The van der Waals surface area contributed by atoms with Crippen LogP contribution in [-0.2, 0) is 17.4 Å². The zero-order chi connectivity index (χ0) is 18.6. The Labute approximate surface area is 146 Å². The normalized spacial score (nSPS) is 11.3. The molecule has 0 atom stereocenters. The summed E-state index contributed by atoms with van der Waals surface area (Å²) in [5.74, 6) is 0.0741. The fraction of sp³-hybridized carbons (Fsp3) is 0.176. The molecule has 0 saturated carbocycles. The summed E-state index contributed by atoms with van der Waals surface area (Å²) in [6.07, 6.45) is -0.806. The molecule has 2 aromatic heterocycles. The number of benzene rings is 1. The molecule has 134 valence electrons. The third-order valence-electron chi connectivity index (χ3n) is 3.66. The third-order valence-corrected chi connectivity index (χ3v) is 3.66. The lowest BCUT2D eigenvalue weighted by Crippen LogP contribution is -2.12. The van der Waals surface area contributed by atoms with Gasteiger partial charge in [-0.3, -0.25) is 9.89 Å². The molecule has 1 aromatic carbocycles. The van der Waals surface area contributed by atoms with E-state index in [1.807, 2.05) is 0 Å². The van der Waals surface area contributed by atoms with Crippen LogP contribution < -0.4 is 5.32 Å². The highest BCUT2D eigenvalue weighted by atomic mass is 19.4. The van der Waals surface area contributed by atoms with E-state index in [0.29, 0.717) is 23.5 Å². The molecule has 3 rings (SSSR count). The molecule has 6 nitrogen and oxygen atoms in total. The van der Waals surface area contributed by atoms with E-state index in [9.17, 15) is 18.0 Å². The van der Waals surface area contributed by atoms with Gasteiger partial charge in [0.25, 0.3) is 0 Å². The second-order valence-electron chi connectivity index (χ2n) is 5.54. The third kappa shape index (κ3) is 4.44. The Morgan fingerprint density at radius 2 is 1.88 bits per heavy atom. The SMILES string of the molecule is O=C(CCc1ccc(C(F)(F)F)cc1)Nc1cc(-c2ccnnc2)[nH]n1. The minimum atomic E-state index is -4.36. The standard InChI is InChI=1S/C17H14F3N5O/c18-17(19,20)13-4-1-11(2-5-13)3-6-16(26)23-15-9-14(24-25-15)12-7-8-21-22-10-12/h1-2,4-5,7-10H,3,6H2,(H2,23,24,25,26). The maximum atomic E-state index is 12.5. The number of aromatic amines is 1. The van der Waals surface area contributed by atoms with Crippen molar-refractivity contribution in [3.8, 4) is 11.3 Å². The summed E-state index contributed by atoms with van der Waals surface area (Å²) >= 11 is 0. The summed E-state index contributed by atoms with van der Waals surface area (Å²) in [6.45, 7) is 0. The number of halogens is 3. The number of nitrogens with one attached hydrogen (secondary N) is 2. The van der Waals surface area contributed by atoms with Gasteiger partial charge in [-0.05, 0) is 30.2 Å². The molecule has 0 saturated heterocycles. The van der Waals surface area contributed by atoms with Crippen molar-refractivity contribution in [3.63, 3.8) is 0 Å². The molecule has 0 bridgehead atoms. The van der Waals surface area contributed by atoms with Crippen molar-refractivity contribution in [1.29, 1.82) is 0 Å². The number of hydrogen-bond acceptors (Lipinski definition) is 4. The number of amides is 1. The van der Waals surface area contributed by atoms with Gasteiger partial charge in [-0.1, -0.05) is 12.1 Å². The summed E-state index contributed by atoms with van der Waals surface area (Å²) in [5, 5.41) is 16.9. The van der Waals surface area contributed by atoms with Crippen molar-refractivity contribution in [2.24, 2.45) is 0 Å². The highest BCUT2D eigenvalue weighted by Crippen LogP contribution is 2.29. The maximum Gasteiger partial charge on any atom is 0.416 e. The first-order valence-corrected chi connectivity index (χ1v) is 7.70. The van der Waals surface area contributed by atoms with Gasteiger partial charge in [-0.15, -0.1) is 0 Å². The van der Waals surface area contributed by atoms with Crippen molar-refractivity contribution < 1.29 is 18.0 Å². The monoisotopic (exact) mass is 361 g/mol.